The second kappa shape index (κ2) is 11.2. The summed E-state index contributed by atoms with van der Waals surface area (Å²) in [7, 11) is 0. The molecule has 1 N–H and O–H groups in total. The van der Waals surface area contributed by atoms with Crippen LogP contribution in [0.4, 0.5) is 20.8 Å². The van der Waals surface area contributed by atoms with E-state index >= 15 is 0 Å². The highest BCUT2D eigenvalue weighted by atomic mass is 19.1. The van der Waals surface area contributed by atoms with Crippen molar-refractivity contribution in [1.82, 2.24) is 29.4 Å². The summed E-state index contributed by atoms with van der Waals surface area (Å²) in [6, 6.07) is 17.5. The molecular formula is C31H35FN8O2. The van der Waals surface area contributed by atoms with E-state index in [9.17, 15) is 14.3 Å². The van der Waals surface area contributed by atoms with Crippen molar-refractivity contribution >= 4 is 23.4 Å². The molecule has 0 saturated carbocycles. The number of rotatable bonds is 5. The van der Waals surface area contributed by atoms with Crippen molar-refractivity contribution in [2.45, 2.75) is 37.8 Å². The van der Waals surface area contributed by atoms with Gasteiger partial charge in [-0.05, 0) is 67.6 Å². The fourth-order valence-electron chi connectivity index (χ4n) is 6.77. The van der Waals surface area contributed by atoms with E-state index < -0.39 is 6.09 Å². The molecule has 4 aromatic rings. The van der Waals surface area contributed by atoms with E-state index in [1.165, 1.54) is 11.0 Å². The van der Waals surface area contributed by atoms with Gasteiger partial charge in [-0.3, -0.25) is 4.90 Å². The van der Waals surface area contributed by atoms with Gasteiger partial charge >= 0.3 is 6.09 Å². The zero-order valence-electron chi connectivity index (χ0n) is 23.5. The second-order valence-corrected chi connectivity index (χ2v) is 11.4. The number of carboxylic acid groups (broad SMARTS) is 1. The van der Waals surface area contributed by atoms with Gasteiger partial charge in [0.05, 0.1) is 17.9 Å². The highest BCUT2D eigenvalue weighted by Gasteiger charge is 2.30. The molecular weight excluding hydrogens is 535 g/mol. The van der Waals surface area contributed by atoms with E-state index in [0.717, 1.165) is 92.6 Å². The Kier molecular flexibility index (Phi) is 7.10. The molecule has 6 heterocycles. The van der Waals surface area contributed by atoms with E-state index in [2.05, 4.69) is 25.8 Å². The zero-order valence-corrected chi connectivity index (χ0v) is 23.5. The van der Waals surface area contributed by atoms with Crippen LogP contribution in [0.1, 0.15) is 37.3 Å². The third-order valence-corrected chi connectivity index (χ3v) is 9.02. The molecule has 3 saturated heterocycles. The third-order valence-electron chi connectivity index (χ3n) is 9.02. The summed E-state index contributed by atoms with van der Waals surface area (Å²) in [5, 5.41) is 14.2. The number of halogens is 1. The smallest absolute Gasteiger partial charge is 0.407 e. The summed E-state index contributed by atoms with van der Waals surface area (Å²) in [5.74, 6) is 1.56. The molecule has 0 spiro atoms. The SMILES string of the molecule is O=C(O)N1CCC(N2CCN(c3cccc(-c4cnc5ccc(N6CCC[C@@H]6c6cccc(F)c6)nn45)n3)CC2)CC1. The fraction of sp³-hybridized carbons (Fsp3) is 0.419. The molecule has 1 atom stereocenters. The standard InChI is InChI=1S/C31H35FN8O2/c32-23-5-1-4-22(20-23)26-7-3-13-39(26)30-10-9-28-33-21-27(40(28)35-30)25-6-2-8-29(34-25)37-18-16-36(17-19-37)24-11-14-38(15-12-24)31(41)42/h1-2,4-6,8-10,20-21,24,26H,3,7,11-19H2,(H,41,42)/t26-/m1/s1. The lowest BCUT2D eigenvalue weighted by atomic mass is 10.0. The first-order chi connectivity index (χ1) is 20.5. The molecule has 1 aromatic carbocycles. The second-order valence-electron chi connectivity index (χ2n) is 11.4. The Balaban J connectivity index is 1.08. The lowest BCUT2D eigenvalue weighted by Crippen LogP contribution is -2.53. The van der Waals surface area contributed by atoms with Crippen molar-refractivity contribution < 1.29 is 14.3 Å². The number of hydrogen-bond acceptors (Lipinski definition) is 7. The highest BCUT2D eigenvalue weighted by Crippen LogP contribution is 2.36. The largest absolute Gasteiger partial charge is 0.465 e. The number of imidazole rings is 1. The lowest BCUT2D eigenvalue weighted by molar-refractivity contribution is 0.0918. The average Bonchev–Trinajstić information content (AvgIpc) is 3.69. The van der Waals surface area contributed by atoms with E-state index in [4.69, 9.17) is 10.1 Å². The van der Waals surface area contributed by atoms with Crippen LogP contribution in [0.3, 0.4) is 0 Å². The van der Waals surface area contributed by atoms with E-state index in [0.29, 0.717) is 19.1 Å². The van der Waals surface area contributed by atoms with E-state index in [1.54, 1.807) is 12.1 Å². The maximum absolute atomic E-state index is 14.0. The lowest BCUT2D eigenvalue weighted by Gasteiger charge is -2.42. The molecule has 3 aromatic heterocycles. The average molecular weight is 571 g/mol. The summed E-state index contributed by atoms with van der Waals surface area (Å²) < 4.78 is 15.9. The maximum Gasteiger partial charge on any atom is 0.407 e. The number of pyridine rings is 1. The first-order valence-corrected chi connectivity index (χ1v) is 14.8. The van der Waals surface area contributed by atoms with Gasteiger partial charge in [-0.1, -0.05) is 18.2 Å². The molecule has 0 bridgehead atoms. The summed E-state index contributed by atoms with van der Waals surface area (Å²) in [4.78, 5) is 29.5. The van der Waals surface area contributed by atoms with Crippen molar-refractivity contribution in [2.24, 2.45) is 0 Å². The summed E-state index contributed by atoms with van der Waals surface area (Å²) in [6.45, 7) is 5.72. The number of hydrogen-bond donors (Lipinski definition) is 1. The molecule has 3 aliphatic rings. The molecule has 218 valence electrons. The van der Waals surface area contributed by atoms with Gasteiger partial charge in [-0.2, -0.15) is 0 Å². The summed E-state index contributed by atoms with van der Waals surface area (Å²) in [6.07, 6.45) is 4.78. The van der Waals surface area contributed by atoms with Crippen LogP contribution >= 0.6 is 0 Å². The number of carbonyl (C=O) groups is 1. The van der Waals surface area contributed by atoms with E-state index in [-0.39, 0.29) is 11.9 Å². The van der Waals surface area contributed by atoms with Gasteiger partial charge in [0, 0.05) is 51.9 Å². The normalized spacial score (nSPS) is 20.5. The van der Waals surface area contributed by atoms with Gasteiger partial charge < -0.3 is 19.8 Å². The number of aromatic nitrogens is 4. The van der Waals surface area contributed by atoms with Crippen LogP contribution in [0.2, 0.25) is 0 Å². The minimum absolute atomic E-state index is 0.0856. The molecule has 10 nitrogen and oxygen atoms in total. The molecule has 0 unspecified atom stereocenters. The number of amides is 1. The Bertz CT molecular complexity index is 1580. The first-order valence-electron chi connectivity index (χ1n) is 14.8. The van der Waals surface area contributed by atoms with E-state index in [1.807, 2.05) is 41.0 Å². The number of fused-ring (bicyclic) bond motifs is 1. The van der Waals surface area contributed by atoms with Crippen molar-refractivity contribution in [1.29, 1.82) is 0 Å². The molecule has 3 aliphatic heterocycles. The number of benzene rings is 1. The van der Waals surface area contributed by atoms with Gasteiger partial charge in [-0.25, -0.2) is 23.7 Å². The molecule has 0 aliphatic carbocycles. The Hall–Kier alpha value is -4.25. The number of anilines is 2. The van der Waals surface area contributed by atoms with Gasteiger partial charge in [0.15, 0.2) is 5.65 Å². The van der Waals surface area contributed by atoms with Crippen molar-refractivity contribution in [3.05, 3.63) is 72.2 Å². The molecule has 0 radical (unpaired) electrons. The molecule has 11 heteroatoms. The van der Waals surface area contributed by atoms with Crippen LogP contribution in [-0.4, -0.2) is 92.4 Å². The van der Waals surface area contributed by atoms with Crippen molar-refractivity contribution in [3.8, 4) is 11.4 Å². The predicted octanol–water partition coefficient (Wildman–Crippen LogP) is 4.54. The Labute approximate surface area is 244 Å². The van der Waals surface area contributed by atoms with Crippen LogP contribution in [0.5, 0.6) is 0 Å². The number of nitrogens with zero attached hydrogens (tertiary/aromatic N) is 8. The Morgan fingerprint density at radius 1 is 0.881 bits per heavy atom. The van der Waals surface area contributed by atoms with Crippen molar-refractivity contribution in [3.63, 3.8) is 0 Å². The third kappa shape index (κ3) is 5.13. The van der Waals surface area contributed by atoms with Crippen molar-refractivity contribution in [2.75, 3.05) is 55.6 Å². The monoisotopic (exact) mass is 570 g/mol. The first kappa shape index (κ1) is 26.6. The van der Waals surface area contributed by atoms with Gasteiger partial charge in [0.1, 0.15) is 23.1 Å². The molecule has 42 heavy (non-hydrogen) atoms. The molecule has 1 amide bonds. The Morgan fingerprint density at radius 2 is 1.69 bits per heavy atom. The van der Waals surface area contributed by atoms with Crippen LogP contribution in [0.15, 0.2) is 60.8 Å². The van der Waals surface area contributed by atoms with Crippen LogP contribution < -0.4 is 9.80 Å². The zero-order chi connectivity index (χ0) is 28.6. The van der Waals surface area contributed by atoms with Crippen LogP contribution in [0, 0.1) is 5.82 Å². The quantitative estimate of drug-likeness (QED) is 0.374. The molecule has 3 fully saturated rings. The Morgan fingerprint density at radius 3 is 2.48 bits per heavy atom. The van der Waals surface area contributed by atoms with Gasteiger partial charge in [0.2, 0.25) is 0 Å². The molecule has 7 rings (SSSR count). The minimum atomic E-state index is -0.814. The topological polar surface area (TPSA) is 93.3 Å². The predicted molar refractivity (Wildman–Crippen MR) is 158 cm³/mol. The minimum Gasteiger partial charge on any atom is -0.465 e. The van der Waals surface area contributed by atoms with Crippen LogP contribution in [-0.2, 0) is 0 Å². The summed E-state index contributed by atoms with van der Waals surface area (Å²) >= 11 is 0. The van der Waals surface area contributed by atoms with Crippen LogP contribution in [0.25, 0.3) is 17.0 Å². The fourth-order valence-corrected chi connectivity index (χ4v) is 6.77. The maximum atomic E-state index is 14.0. The number of piperidine rings is 1. The van der Waals surface area contributed by atoms with Gasteiger partial charge in [0.25, 0.3) is 0 Å². The number of piperazine rings is 1. The highest BCUT2D eigenvalue weighted by molar-refractivity contribution is 5.65. The number of likely N-dealkylation sites (tertiary alicyclic amines) is 1. The van der Waals surface area contributed by atoms with Gasteiger partial charge in [-0.15, -0.1) is 5.10 Å². The summed E-state index contributed by atoms with van der Waals surface area (Å²) in [5.41, 5.74) is 3.38.